The van der Waals surface area contributed by atoms with E-state index < -0.39 is 64.6 Å². The molecular weight excluding hydrogens is 876 g/mol. The van der Waals surface area contributed by atoms with Gasteiger partial charge in [0.25, 0.3) is 20.8 Å². The Labute approximate surface area is 405 Å². The van der Waals surface area contributed by atoms with Crippen LogP contribution in [-0.4, -0.2) is 51.9 Å². The molecule has 0 aliphatic carbocycles. The van der Waals surface area contributed by atoms with E-state index in [0.29, 0.717) is 0 Å². The molecule has 6 aromatic carbocycles. The summed E-state index contributed by atoms with van der Waals surface area (Å²) in [5, 5.41) is 3.87. The van der Waals surface area contributed by atoms with Crippen molar-refractivity contribution in [1.82, 2.24) is 0 Å². The summed E-state index contributed by atoms with van der Waals surface area (Å²) in [7, 11) is -21.5. The second-order valence-electron chi connectivity index (χ2n) is 10.6. The van der Waals surface area contributed by atoms with Gasteiger partial charge in [-0.2, -0.15) is 16.8 Å². The molecule has 0 unspecified atom stereocenters. The van der Waals surface area contributed by atoms with Gasteiger partial charge in [-0.3, -0.25) is 9.11 Å². The van der Waals surface area contributed by atoms with Crippen LogP contribution >= 0.6 is 11.6 Å². The number of hydrogen-bond donors (Lipinski definition) is 4. The third-order valence-electron chi connectivity index (χ3n) is 7.52. The van der Waals surface area contributed by atoms with Crippen LogP contribution in [0.1, 0.15) is 0 Å². The van der Waals surface area contributed by atoms with E-state index in [1.54, 1.807) is 0 Å². The van der Waals surface area contributed by atoms with E-state index in [0.717, 1.165) is 6.07 Å². The quantitative estimate of drug-likeness (QED) is 0.0477. The molecule has 4 N–H and O–H groups in total. The van der Waals surface area contributed by atoms with Crippen LogP contribution in [0.15, 0.2) is 66.7 Å². The Hall–Kier alpha value is -0.910. The van der Waals surface area contributed by atoms with Crippen molar-refractivity contribution in [3.63, 3.8) is 0 Å². The van der Waals surface area contributed by atoms with Gasteiger partial charge in [-0.1, -0.05) is 60.1 Å². The normalized spacial score (nSPS) is 12.4. The van der Waals surface area contributed by atoms with Crippen molar-refractivity contribution in [2.24, 2.45) is 0 Å². The summed E-state index contributed by atoms with van der Waals surface area (Å²) in [5.41, 5.74) is -0.486. The molecule has 0 saturated carbocycles. The summed E-state index contributed by atoms with van der Waals surface area (Å²) in [5.74, 6) is -2.29. The summed E-state index contributed by atoms with van der Waals surface area (Å²) in [4.78, 5) is 0. The van der Waals surface area contributed by atoms with Gasteiger partial charge < -0.3 is 36.5 Å². The first-order valence-corrected chi connectivity index (χ1v) is 19.4. The van der Waals surface area contributed by atoms with E-state index in [1.807, 2.05) is 0 Å². The van der Waals surface area contributed by atoms with Crippen LogP contribution in [-0.2, 0) is 41.6 Å². The number of rotatable bonds is 8. The minimum atomic E-state index is -5.52. The molecule has 1 aliphatic heterocycles. The maximum Gasteiger partial charge on any atom is 1.00 e. The summed E-state index contributed by atoms with van der Waals surface area (Å²) in [6, 6.07) is 14.3. The van der Waals surface area contributed by atoms with Gasteiger partial charge in [0.2, 0.25) is 0 Å². The molecule has 0 saturated heterocycles. The van der Waals surface area contributed by atoms with Gasteiger partial charge in [0.1, 0.15) is 0 Å². The van der Waals surface area contributed by atoms with Crippen molar-refractivity contribution in [1.29, 1.82) is 0 Å². The minimum Gasteiger partial charge on any atom is -0.716 e. The second kappa shape index (κ2) is 17.4. The van der Waals surface area contributed by atoms with Gasteiger partial charge in [-0.25, -0.2) is 16.8 Å². The summed E-state index contributed by atoms with van der Waals surface area (Å²) in [6.07, 6.45) is 0. The Morgan fingerprint density at radius 3 is 1.36 bits per heavy atom. The molecule has 0 aromatic heterocycles. The number of anilines is 4. The number of nitrogens with one attached hydrogen (secondary N) is 2. The van der Waals surface area contributed by atoms with Crippen molar-refractivity contribution in [3.8, 4) is 23.0 Å². The van der Waals surface area contributed by atoms with Gasteiger partial charge in [-0.15, -0.1) is 0 Å². The summed E-state index contributed by atoms with van der Waals surface area (Å²) >= 11 is 6.68. The van der Waals surface area contributed by atoms with Gasteiger partial charge in [0, 0.05) is 32.3 Å². The predicted molar refractivity (Wildman–Crippen MR) is 179 cm³/mol. The standard InChI is InChI=1S/C28H17ClN2O16S4.4Na/c29-18-11-17-21(28(47-51(41,42)43)15-8-4-2-6-13(15)26(17)45-49(35,36)37)24-22(18)31-23-19(30-24)10-9-16-20(23)27(46-50(38,39)40)14-7-3-1-5-12(14)25(16)44-48(32,33)34;;;;/h1-11,30-31H,(H,32,33,34)(H,35,36,37)(H,38,39,40)(H,41,42,43);;;;/q;4*+1/p-2. The van der Waals surface area contributed by atoms with E-state index in [4.69, 9.17) is 28.3 Å². The molecule has 0 radical (unpaired) electrons. The topological polar surface area (TPSA) is 284 Å². The fourth-order valence-corrected chi connectivity index (χ4v) is 7.70. The first-order valence-electron chi connectivity index (χ1n) is 13.6. The minimum absolute atomic E-state index is 0. The molecule has 0 fully saturated rings. The molecule has 1 heterocycles. The Balaban J connectivity index is 0.00000203. The smallest absolute Gasteiger partial charge is 0.716 e. The Morgan fingerprint density at radius 1 is 0.491 bits per heavy atom. The van der Waals surface area contributed by atoms with Gasteiger partial charge >= 0.3 is 139 Å². The average Bonchev–Trinajstić information content (AvgIpc) is 3.01. The third kappa shape index (κ3) is 9.94. The number of halogens is 1. The molecule has 6 aromatic rings. The first kappa shape index (κ1) is 48.5. The Morgan fingerprint density at radius 2 is 0.891 bits per heavy atom. The SMILES string of the molecule is O=S(=O)([O-])Oc1c2ccccc2c(OS(=O)(=O)[O-])c2c3c(ccc12)Nc1c(c(Cl)cc2c(OS(=O)(=O)O)c4ccccc4c(OS(=O)(=O)O)c12)N3.[Na+].[Na+].[Na+].[Na+]. The largest absolute Gasteiger partial charge is 1.00 e. The molecule has 55 heavy (non-hydrogen) atoms. The monoisotopic (exact) mass is 890 g/mol. The van der Waals surface area contributed by atoms with Crippen molar-refractivity contribution in [2.45, 2.75) is 0 Å². The zero-order valence-electron chi connectivity index (χ0n) is 28.5. The Bertz CT molecular complexity index is 3010. The molecule has 266 valence electrons. The second-order valence-corrected chi connectivity index (χ2v) is 15.0. The van der Waals surface area contributed by atoms with E-state index in [-0.39, 0.29) is 189 Å². The average molecular weight is 891 g/mol. The van der Waals surface area contributed by atoms with Crippen molar-refractivity contribution < 1.29 is 187 Å². The molecule has 0 spiro atoms. The van der Waals surface area contributed by atoms with E-state index in [1.165, 1.54) is 60.7 Å². The van der Waals surface area contributed by atoms with Crippen molar-refractivity contribution >= 4 is 119 Å². The molecule has 0 atom stereocenters. The molecular formula is C28H15ClN2Na4O16S4+2. The Kier molecular flexibility index (Phi) is 15.3. The predicted octanol–water partition coefficient (Wildman–Crippen LogP) is -7.19. The molecule has 0 amide bonds. The number of fused-ring (bicyclic) bond motifs is 8. The zero-order valence-corrected chi connectivity index (χ0v) is 40.5. The zero-order chi connectivity index (χ0) is 36.8. The van der Waals surface area contributed by atoms with Crippen molar-refractivity contribution in [3.05, 3.63) is 71.8 Å². The summed E-state index contributed by atoms with van der Waals surface area (Å²) < 4.78 is 159. The van der Waals surface area contributed by atoms with E-state index >= 15 is 0 Å². The first-order chi connectivity index (χ1) is 23.7. The van der Waals surface area contributed by atoms with Crippen LogP contribution < -0.4 is 146 Å². The maximum atomic E-state index is 12.1. The van der Waals surface area contributed by atoms with Crippen LogP contribution in [0.3, 0.4) is 0 Å². The van der Waals surface area contributed by atoms with Crippen LogP contribution in [0.2, 0.25) is 5.02 Å². The molecule has 27 heteroatoms. The molecule has 7 rings (SSSR count). The fourth-order valence-electron chi connectivity index (χ4n) is 5.92. The van der Waals surface area contributed by atoms with Gasteiger partial charge in [0.05, 0.1) is 38.5 Å². The number of hydrogen-bond acceptors (Lipinski definition) is 16. The third-order valence-corrected chi connectivity index (χ3v) is 9.31. The summed E-state index contributed by atoms with van der Waals surface area (Å²) in [6.45, 7) is 0. The van der Waals surface area contributed by atoms with E-state index in [9.17, 15) is 51.9 Å². The maximum absolute atomic E-state index is 12.1. The van der Waals surface area contributed by atoms with Crippen LogP contribution in [0.4, 0.5) is 22.7 Å². The van der Waals surface area contributed by atoms with Gasteiger partial charge in [-0.05, 0) is 18.2 Å². The van der Waals surface area contributed by atoms with Crippen molar-refractivity contribution in [2.75, 3.05) is 10.6 Å². The van der Waals surface area contributed by atoms with Crippen LogP contribution in [0, 0.1) is 0 Å². The molecule has 0 bridgehead atoms. The molecule has 18 nitrogen and oxygen atoms in total. The van der Waals surface area contributed by atoms with Crippen LogP contribution in [0.5, 0.6) is 23.0 Å². The van der Waals surface area contributed by atoms with Gasteiger partial charge in [0.15, 0.2) is 23.0 Å². The number of benzene rings is 6. The molecule has 1 aliphatic rings. The van der Waals surface area contributed by atoms with E-state index in [2.05, 4.69) is 10.6 Å². The fraction of sp³-hybridized carbons (Fsp3) is 0. The van der Waals surface area contributed by atoms with Crippen LogP contribution in [0.25, 0.3) is 43.1 Å².